The first-order valence-electron chi connectivity index (χ1n) is 13.5. The molecule has 3 N–H and O–H groups in total. The number of amides is 1. The van der Waals surface area contributed by atoms with Crippen molar-refractivity contribution in [2.24, 2.45) is 0 Å². The molecular formula is C30H32FN3O5. The normalized spacial score (nSPS) is 21.5. The van der Waals surface area contributed by atoms with Crippen LogP contribution < -0.4 is 10.9 Å². The number of Topliss-reactive ketones (excluding diaryl/α,β-unsaturated/α-hetero) is 1. The summed E-state index contributed by atoms with van der Waals surface area (Å²) >= 11 is 0. The van der Waals surface area contributed by atoms with Crippen LogP contribution in [0.1, 0.15) is 85.9 Å². The summed E-state index contributed by atoms with van der Waals surface area (Å²) in [6.07, 6.45) is 1.52. The summed E-state index contributed by atoms with van der Waals surface area (Å²) in [7, 11) is 0. The fraction of sp³-hybridized carbons (Fsp3) is 0.467. The lowest BCUT2D eigenvalue weighted by Crippen LogP contribution is -2.43. The van der Waals surface area contributed by atoms with Gasteiger partial charge in [-0.05, 0) is 69.2 Å². The van der Waals surface area contributed by atoms with Gasteiger partial charge in [0, 0.05) is 34.6 Å². The van der Waals surface area contributed by atoms with Gasteiger partial charge in [-0.3, -0.25) is 14.4 Å². The van der Waals surface area contributed by atoms with E-state index in [0.717, 1.165) is 22.1 Å². The molecule has 1 aliphatic heterocycles. The largest absolute Gasteiger partial charge is 0.390 e. The molecule has 0 fully saturated rings. The average Bonchev–Trinajstić information content (AvgIpc) is 3.23. The number of nitrogens with zero attached hydrogens (tertiary/aromatic N) is 2. The molecular weight excluding hydrogens is 501 g/mol. The monoisotopic (exact) mass is 533 g/mol. The molecule has 39 heavy (non-hydrogen) atoms. The second-order valence-electron chi connectivity index (χ2n) is 11.8. The third-order valence-corrected chi connectivity index (χ3v) is 8.68. The minimum Gasteiger partial charge on any atom is -0.390 e. The van der Waals surface area contributed by atoms with E-state index in [9.17, 15) is 24.6 Å². The van der Waals surface area contributed by atoms with Crippen molar-refractivity contribution in [3.05, 3.63) is 61.7 Å². The van der Waals surface area contributed by atoms with Gasteiger partial charge in [0.05, 0.1) is 41.5 Å². The van der Waals surface area contributed by atoms with Crippen LogP contribution in [0.25, 0.3) is 22.3 Å². The van der Waals surface area contributed by atoms with Crippen molar-refractivity contribution in [2.75, 3.05) is 0 Å². The molecule has 204 valence electrons. The van der Waals surface area contributed by atoms with E-state index < -0.39 is 17.2 Å². The summed E-state index contributed by atoms with van der Waals surface area (Å²) < 4.78 is 16.6. The number of hydrogen-bond acceptors (Lipinski definition) is 6. The van der Waals surface area contributed by atoms with E-state index in [4.69, 9.17) is 4.98 Å². The van der Waals surface area contributed by atoms with Gasteiger partial charge in [0.1, 0.15) is 11.4 Å². The number of nitrogens with one attached hydrogen (secondary N) is 1. The summed E-state index contributed by atoms with van der Waals surface area (Å²) in [5.74, 6) is -0.978. The first-order valence-corrected chi connectivity index (χ1v) is 13.5. The van der Waals surface area contributed by atoms with Gasteiger partial charge in [0.15, 0.2) is 5.78 Å². The predicted molar refractivity (Wildman–Crippen MR) is 143 cm³/mol. The van der Waals surface area contributed by atoms with Crippen LogP contribution in [0.3, 0.4) is 0 Å². The molecule has 0 bridgehead atoms. The van der Waals surface area contributed by atoms with Crippen molar-refractivity contribution >= 4 is 22.6 Å². The lowest BCUT2D eigenvalue weighted by molar-refractivity contribution is -0.140. The maximum atomic E-state index is 15.0. The van der Waals surface area contributed by atoms with Crippen molar-refractivity contribution in [3.63, 3.8) is 0 Å². The van der Waals surface area contributed by atoms with Crippen LogP contribution in [-0.4, -0.2) is 37.1 Å². The van der Waals surface area contributed by atoms with Crippen molar-refractivity contribution in [3.8, 4) is 11.4 Å². The number of rotatable bonds is 4. The summed E-state index contributed by atoms with van der Waals surface area (Å²) in [5.41, 5.74) is 1.95. The number of pyridine rings is 2. The second-order valence-corrected chi connectivity index (χ2v) is 11.8. The van der Waals surface area contributed by atoms with Gasteiger partial charge in [-0.25, -0.2) is 9.37 Å². The van der Waals surface area contributed by atoms with E-state index in [-0.39, 0.29) is 55.3 Å². The number of carbonyl (C=O) groups excluding carboxylic acids is 2. The number of fused-ring (bicyclic) bond motifs is 5. The van der Waals surface area contributed by atoms with Crippen molar-refractivity contribution < 1.29 is 24.2 Å². The molecule has 0 unspecified atom stereocenters. The minimum absolute atomic E-state index is 0.0781. The minimum atomic E-state index is -1.74. The number of halogens is 1. The van der Waals surface area contributed by atoms with Gasteiger partial charge in [-0.2, -0.15) is 0 Å². The summed E-state index contributed by atoms with van der Waals surface area (Å²) in [4.78, 5) is 44.2. The zero-order valence-corrected chi connectivity index (χ0v) is 22.6. The molecule has 2 atom stereocenters. The van der Waals surface area contributed by atoms with Gasteiger partial charge < -0.3 is 20.1 Å². The standard InChI is InChI=1S/C30H32FN3O5/c1-5-30(39)18-10-22-27-17(13-34(22)28(37)16(18)7-9-23(30)35)26-20(32-24(36)12-29(3,4)38)8-6-15-14(2)19(31)11-21(33-27)25(15)26/h10-11,20,38-39H,5-9,12-13H2,1-4H3,(H,32,36)/t20-,30-/m0/s1. The van der Waals surface area contributed by atoms with Gasteiger partial charge in [0.2, 0.25) is 5.91 Å². The Morgan fingerprint density at radius 3 is 2.64 bits per heavy atom. The third-order valence-electron chi connectivity index (χ3n) is 8.68. The third kappa shape index (κ3) is 3.77. The van der Waals surface area contributed by atoms with Crippen molar-refractivity contribution in [1.82, 2.24) is 14.9 Å². The Balaban J connectivity index is 1.60. The molecule has 6 rings (SSSR count). The van der Waals surface area contributed by atoms with E-state index in [1.54, 1.807) is 38.3 Å². The lowest BCUT2D eigenvalue weighted by atomic mass is 9.77. The molecule has 3 aromatic rings. The molecule has 3 heterocycles. The van der Waals surface area contributed by atoms with Crippen molar-refractivity contribution in [2.45, 2.75) is 90.0 Å². The van der Waals surface area contributed by atoms with Crippen LogP contribution in [0, 0.1) is 12.7 Å². The lowest BCUT2D eigenvalue weighted by Gasteiger charge is -2.32. The maximum absolute atomic E-state index is 15.0. The summed E-state index contributed by atoms with van der Waals surface area (Å²) in [5, 5.41) is 25.3. The predicted octanol–water partition coefficient (Wildman–Crippen LogP) is 3.25. The van der Waals surface area contributed by atoms with E-state index in [2.05, 4.69) is 5.32 Å². The first-order chi connectivity index (χ1) is 18.3. The average molecular weight is 534 g/mol. The van der Waals surface area contributed by atoms with E-state index >= 15 is 4.39 Å². The van der Waals surface area contributed by atoms with Crippen LogP contribution in [0.15, 0.2) is 16.9 Å². The number of aliphatic hydroxyl groups is 2. The first kappa shape index (κ1) is 25.8. The molecule has 9 heteroatoms. The van der Waals surface area contributed by atoms with E-state index in [1.165, 1.54) is 6.07 Å². The van der Waals surface area contributed by atoms with Crippen LogP contribution in [-0.2, 0) is 34.6 Å². The molecule has 3 aliphatic rings. The fourth-order valence-corrected chi connectivity index (χ4v) is 6.72. The zero-order valence-electron chi connectivity index (χ0n) is 22.6. The molecule has 0 spiro atoms. The highest BCUT2D eigenvalue weighted by atomic mass is 19.1. The number of aromatic nitrogens is 2. The van der Waals surface area contributed by atoms with Gasteiger partial charge in [-0.1, -0.05) is 6.92 Å². The number of benzene rings is 1. The molecule has 8 nitrogen and oxygen atoms in total. The number of aryl methyl sites for hydroxylation is 1. The van der Waals surface area contributed by atoms with Gasteiger partial charge >= 0.3 is 0 Å². The molecule has 2 aliphatic carbocycles. The molecule has 1 amide bonds. The zero-order chi connectivity index (χ0) is 28.0. The molecule has 0 radical (unpaired) electrons. The smallest absolute Gasteiger partial charge is 0.254 e. The second kappa shape index (κ2) is 8.53. The van der Waals surface area contributed by atoms with Crippen LogP contribution in [0.5, 0.6) is 0 Å². The maximum Gasteiger partial charge on any atom is 0.254 e. The molecule has 1 aromatic carbocycles. The SMILES string of the molecule is CC[C@@]1(O)C(=O)CCc2c1cc1n(c2=O)Cc2c-1nc1cc(F)c(C)c3c1c2[C@@H](NC(=O)CC(C)(C)O)CC3. The molecule has 0 saturated carbocycles. The Bertz CT molecular complexity index is 1670. The van der Waals surface area contributed by atoms with E-state index in [0.29, 0.717) is 46.4 Å². The van der Waals surface area contributed by atoms with Crippen LogP contribution in [0.4, 0.5) is 4.39 Å². The van der Waals surface area contributed by atoms with Crippen LogP contribution >= 0.6 is 0 Å². The Hall–Kier alpha value is -3.43. The van der Waals surface area contributed by atoms with Gasteiger partial charge in [-0.15, -0.1) is 0 Å². The van der Waals surface area contributed by atoms with Crippen molar-refractivity contribution in [1.29, 1.82) is 0 Å². The van der Waals surface area contributed by atoms with Crippen LogP contribution in [0.2, 0.25) is 0 Å². The Kier molecular flexibility index (Phi) is 5.65. The molecule has 0 saturated heterocycles. The fourth-order valence-electron chi connectivity index (χ4n) is 6.72. The topological polar surface area (TPSA) is 122 Å². The molecule has 2 aromatic heterocycles. The summed E-state index contributed by atoms with van der Waals surface area (Å²) in [6, 6.07) is 2.68. The Morgan fingerprint density at radius 2 is 1.95 bits per heavy atom. The number of hydrogen-bond donors (Lipinski definition) is 3. The Labute approximate surface area is 224 Å². The van der Waals surface area contributed by atoms with E-state index in [1.807, 2.05) is 0 Å². The highest BCUT2D eigenvalue weighted by Gasteiger charge is 2.44. The summed E-state index contributed by atoms with van der Waals surface area (Å²) in [6.45, 7) is 6.83. The highest BCUT2D eigenvalue weighted by Crippen LogP contribution is 2.46. The Morgan fingerprint density at radius 1 is 1.21 bits per heavy atom. The number of carbonyl (C=O) groups is 2. The highest BCUT2D eigenvalue weighted by molar-refractivity contribution is 5.94. The van der Waals surface area contributed by atoms with Gasteiger partial charge in [0.25, 0.3) is 5.56 Å². The number of ketones is 1. The quantitative estimate of drug-likeness (QED) is 0.370.